The highest BCUT2D eigenvalue weighted by Gasteiger charge is 2.37. The summed E-state index contributed by atoms with van der Waals surface area (Å²) in [5, 5.41) is 0. The van der Waals surface area contributed by atoms with Gasteiger partial charge in [-0.15, -0.1) is 0 Å². The maximum Gasteiger partial charge on any atom is 0.241 e. The minimum Gasteiger partial charge on any atom is -0.300 e. The van der Waals surface area contributed by atoms with E-state index in [1.807, 2.05) is 6.07 Å². The van der Waals surface area contributed by atoms with Crippen molar-refractivity contribution in [3.05, 3.63) is 28.7 Å². The largest absolute Gasteiger partial charge is 0.300 e. The van der Waals surface area contributed by atoms with Gasteiger partial charge in [-0.2, -0.15) is 0 Å². The number of benzene rings is 1. The van der Waals surface area contributed by atoms with Gasteiger partial charge < -0.3 is 4.90 Å². The average molecular weight is 373 g/mol. The van der Waals surface area contributed by atoms with E-state index in [1.54, 1.807) is 18.2 Å². The third-order valence-electron chi connectivity index (χ3n) is 4.79. The molecule has 2 fully saturated rings. The molecule has 0 saturated carbocycles. The van der Waals surface area contributed by atoms with Crippen molar-refractivity contribution >= 4 is 26.0 Å². The van der Waals surface area contributed by atoms with E-state index in [1.165, 1.54) is 19.3 Å². The Kier molecular flexibility index (Phi) is 4.41. The van der Waals surface area contributed by atoms with Crippen LogP contribution < -0.4 is 4.72 Å². The molecule has 0 radical (unpaired) electrons. The number of fused-ring (bicyclic) bond motifs is 2. The van der Waals surface area contributed by atoms with Crippen molar-refractivity contribution in [3.63, 3.8) is 0 Å². The minimum absolute atomic E-state index is 0.0496. The van der Waals surface area contributed by atoms with Gasteiger partial charge in [0.1, 0.15) is 0 Å². The van der Waals surface area contributed by atoms with Gasteiger partial charge in [0.2, 0.25) is 10.0 Å². The Morgan fingerprint density at radius 2 is 1.81 bits per heavy atom. The number of hydrogen-bond acceptors (Lipinski definition) is 3. The van der Waals surface area contributed by atoms with Crippen molar-refractivity contribution in [1.82, 2.24) is 9.62 Å². The first-order valence-electron chi connectivity index (χ1n) is 7.46. The molecule has 116 valence electrons. The van der Waals surface area contributed by atoms with E-state index in [0.29, 0.717) is 21.5 Å². The zero-order chi connectivity index (χ0) is 15.0. The van der Waals surface area contributed by atoms with E-state index in [-0.39, 0.29) is 6.04 Å². The molecule has 21 heavy (non-hydrogen) atoms. The van der Waals surface area contributed by atoms with Crippen molar-refractivity contribution in [2.24, 2.45) is 0 Å². The number of hydrogen-bond donors (Lipinski definition) is 1. The lowest BCUT2D eigenvalue weighted by atomic mass is 9.83. The third kappa shape index (κ3) is 3.18. The highest BCUT2D eigenvalue weighted by Crippen LogP contribution is 2.33. The van der Waals surface area contributed by atoms with Gasteiger partial charge in [-0.3, -0.25) is 0 Å². The molecule has 0 aromatic heterocycles. The monoisotopic (exact) mass is 372 g/mol. The quantitative estimate of drug-likeness (QED) is 0.887. The fraction of sp³-hybridized carbons (Fsp3) is 0.600. The second-order valence-electron chi connectivity index (χ2n) is 6.12. The van der Waals surface area contributed by atoms with Gasteiger partial charge in [-0.25, -0.2) is 13.1 Å². The smallest absolute Gasteiger partial charge is 0.241 e. The molecule has 3 rings (SSSR count). The normalized spacial score (nSPS) is 30.3. The van der Waals surface area contributed by atoms with Gasteiger partial charge in [0, 0.05) is 22.6 Å². The molecular weight excluding hydrogens is 352 g/mol. The van der Waals surface area contributed by atoms with Crippen LogP contribution in [0.15, 0.2) is 33.6 Å². The van der Waals surface area contributed by atoms with Crippen LogP contribution in [-0.2, 0) is 10.0 Å². The summed E-state index contributed by atoms with van der Waals surface area (Å²) >= 11 is 3.33. The topological polar surface area (TPSA) is 49.4 Å². The molecule has 1 aromatic rings. The lowest BCUT2D eigenvalue weighted by molar-refractivity contribution is 0.0536. The number of nitrogens with one attached hydrogen (secondary N) is 1. The molecule has 2 aliphatic rings. The van der Waals surface area contributed by atoms with Gasteiger partial charge in [0.15, 0.2) is 0 Å². The SMILES string of the molecule is CN1C2CCCC1CC(NS(=O)(=O)c1ccccc1Br)C2. The van der Waals surface area contributed by atoms with Gasteiger partial charge in [0.25, 0.3) is 0 Å². The van der Waals surface area contributed by atoms with Crippen molar-refractivity contribution in [2.75, 3.05) is 7.05 Å². The Labute approximate surface area is 135 Å². The van der Waals surface area contributed by atoms with Crippen molar-refractivity contribution in [1.29, 1.82) is 0 Å². The number of sulfonamides is 1. The van der Waals surface area contributed by atoms with Gasteiger partial charge in [-0.05, 0) is 60.8 Å². The lowest BCUT2D eigenvalue weighted by Crippen LogP contribution is -2.55. The number of rotatable bonds is 3. The highest BCUT2D eigenvalue weighted by atomic mass is 79.9. The Bertz CT molecular complexity index is 606. The average Bonchev–Trinajstić information content (AvgIpc) is 2.40. The molecule has 2 bridgehead atoms. The molecule has 0 amide bonds. The minimum atomic E-state index is -3.45. The van der Waals surface area contributed by atoms with Crippen LogP contribution >= 0.6 is 15.9 Å². The van der Waals surface area contributed by atoms with Gasteiger partial charge >= 0.3 is 0 Å². The first-order valence-corrected chi connectivity index (χ1v) is 9.74. The molecule has 1 N–H and O–H groups in total. The van der Waals surface area contributed by atoms with E-state index in [2.05, 4.69) is 32.6 Å². The summed E-state index contributed by atoms with van der Waals surface area (Å²) in [5.41, 5.74) is 0. The summed E-state index contributed by atoms with van der Waals surface area (Å²) in [7, 11) is -1.28. The molecule has 2 unspecified atom stereocenters. The first kappa shape index (κ1) is 15.5. The van der Waals surface area contributed by atoms with E-state index in [4.69, 9.17) is 0 Å². The molecule has 0 spiro atoms. The molecule has 1 aromatic carbocycles. The first-order chi connectivity index (χ1) is 9.97. The number of halogens is 1. The molecule has 2 saturated heterocycles. The molecule has 0 aliphatic carbocycles. The molecule has 2 atom stereocenters. The molecule has 2 heterocycles. The summed E-state index contributed by atoms with van der Waals surface area (Å²) in [5.74, 6) is 0. The van der Waals surface area contributed by atoms with Crippen LogP contribution in [0.25, 0.3) is 0 Å². The highest BCUT2D eigenvalue weighted by molar-refractivity contribution is 9.10. The molecular formula is C15H21BrN2O2S. The van der Waals surface area contributed by atoms with Crippen molar-refractivity contribution < 1.29 is 8.42 Å². The number of nitrogens with zero attached hydrogens (tertiary/aromatic N) is 1. The molecule has 6 heteroatoms. The van der Waals surface area contributed by atoms with Crippen LogP contribution in [0.2, 0.25) is 0 Å². The summed E-state index contributed by atoms with van der Waals surface area (Å²) in [6, 6.07) is 8.06. The molecule has 4 nitrogen and oxygen atoms in total. The Morgan fingerprint density at radius 3 is 2.43 bits per heavy atom. The van der Waals surface area contributed by atoms with Crippen LogP contribution in [0.3, 0.4) is 0 Å². The lowest BCUT2D eigenvalue weighted by Gasteiger charge is -2.47. The maximum atomic E-state index is 12.6. The zero-order valence-electron chi connectivity index (χ0n) is 12.1. The van der Waals surface area contributed by atoms with Gasteiger partial charge in [-0.1, -0.05) is 18.6 Å². The number of piperidine rings is 2. The summed E-state index contributed by atoms with van der Waals surface area (Å²) in [6.45, 7) is 0. The van der Waals surface area contributed by atoms with E-state index in [0.717, 1.165) is 12.8 Å². The Hall–Kier alpha value is -0.430. The van der Waals surface area contributed by atoms with E-state index < -0.39 is 10.0 Å². The summed E-state index contributed by atoms with van der Waals surface area (Å²) in [6.07, 6.45) is 5.46. The summed E-state index contributed by atoms with van der Waals surface area (Å²) < 4.78 is 28.7. The predicted molar refractivity (Wildman–Crippen MR) is 86.7 cm³/mol. The third-order valence-corrected chi connectivity index (χ3v) is 7.32. The summed E-state index contributed by atoms with van der Waals surface area (Å²) in [4.78, 5) is 2.77. The van der Waals surface area contributed by atoms with Crippen molar-refractivity contribution in [2.45, 2.75) is 55.1 Å². The van der Waals surface area contributed by atoms with Crippen LogP contribution in [0.4, 0.5) is 0 Å². The standard InChI is InChI=1S/C15H21BrN2O2S/c1-18-12-5-4-6-13(18)10-11(9-12)17-21(19,20)15-8-3-2-7-14(15)16/h2-3,7-8,11-13,17H,4-6,9-10H2,1H3. The Balaban J connectivity index is 1.76. The Morgan fingerprint density at radius 1 is 1.19 bits per heavy atom. The van der Waals surface area contributed by atoms with Crippen LogP contribution in [0.5, 0.6) is 0 Å². The maximum absolute atomic E-state index is 12.6. The fourth-order valence-electron chi connectivity index (χ4n) is 3.66. The second kappa shape index (κ2) is 5.99. The fourth-order valence-corrected chi connectivity index (χ4v) is 5.92. The van der Waals surface area contributed by atoms with E-state index in [9.17, 15) is 8.42 Å². The van der Waals surface area contributed by atoms with E-state index >= 15 is 0 Å². The zero-order valence-corrected chi connectivity index (χ0v) is 14.5. The van der Waals surface area contributed by atoms with Gasteiger partial charge in [0.05, 0.1) is 4.90 Å². The second-order valence-corrected chi connectivity index (χ2v) is 8.66. The van der Waals surface area contributed by atoms with Crippen LogP contribution in [-0.4, -0.2) is 38.5 Å². The van der Waals surface area contributed by atoms with Crippen molar-refractivity contribution in [3.8, 4) is 0 Å². The molecule has 2 aliphatic heterocycles. The predicted octanol–water partition coefficient (Wildman–Crippen LogP) is 2.74. The van der Waals surface area contributed by atoms with Crippen LogP contribution in [0, 0.1) is 0 Å². The van der Waals surface area contributed by atoms with Crippen LogP contribution in [0.1, 0.15) is 32.1 Å².